The Hall–Kier alpha value is -2.85. The Kier molecular flexibility index (Phi) is 6.80. The summed E-state index contributed by atoms with van der Waals surface area (Å²) in [5, 5.41) is 13.6. The number of esters is 1. The number of nitrogens with zero attached hydrogens (tertiary/aromatic N) is 1. The molecule has 0 unspecified atom stereocenters. The first kappa shape index (κ1) is 17.5. The number of amides is 1. The number of nitrogens with one attached hydrogen (secondary N) is 1. The van der Waals surface area contributed by atoms with Gasteiger partial charge in [0.2, 0.25) is 0 Å². The van der Waals surface area contributed by atoms with E-state index in [0.717, 1.165) is 6.42 Å². The van der Waals surface area contributed by atoms with Gasteiger partial charge in [0.05, 0.1) is 5.56 Å². The molecule has 0 aliphatic heterocycles. The fraction of sp³-hybridized carbons (Fsp3) is 0.235. The summed E-state index contributed by atoms with van der Waals surface area (Å²) in [6.07, 6.45) is 0.741. The van der Waals surface area contributed by atoms with E-state index in [1.54, 1.807) is 35.6 Å². The van der Waals surface area contributed by atoms with Crippen LogP contribution in [-0.4, -0.2) is 31.6 Å². The molecular formula is C17H16N2O4S. The first-order valence-corrected chi connectivity index (χ1v) is 8.13. The third kappa shape index (κ3) is 5.74. The number of rotatable bonds is 8. The highest BCUT2D eigenvalue weighted by Crippen LogP contribution is 2.16. The van der Waals surface area contributed by atoms with Gasteiger partial charge in [-0.1, -0.05) is 18.2 Å². The molecule has 1 aromatic carbocycles. The van der Waals surface area contributed by atoms with Gasteiger partial charge in [-0.05, 0) is 30.0 Å². The van der Waals surface area contributed by atoms with Crippen molar-refractivity contribution in [2.24, 2.45) is 0 Å². The summed E-state index contributed by atoms with van der Waals surface area (Å²) in [7, 11) is 0. The number of hydrogen-bond acceptors (Lipinski definition) is 6. The maximum absolute atomic E-state index is 11.6. The smallest absolute Gasteiger partial charge is 0.344 e. The maximum Gasteiger partial charge on any atom is 0.344 e. The predicted molar refractivity (Wildman–Crippen MR) is 88.6 cm³/mol. The van der Waals surface area contributed by atoms with E-state index >= 15 is 0 Å². The average Bonchev–Trinajstić information content (AvgIpc) is 3.11. The monoisotopic (exact) mass is 344 g/mol. The van der Waals surface area contributed by atoms with Crippen molar-refractivity contribution in [1.29, 1.82) is 5.26 Å². The van der Waals surface area contributed by atoms with Crippen LogP contribution in [0.3, 0.4) is 0 Å². The lowest BCUT2D eigenvalue weighted by Gasteiger charge is -2.08. The molecule has 7 heteroatoms. The summed E-state index contributed by atoms with van der Waals surface area (Å²) < 4.78 is 10.1. The molecule has 0 fully saturated rings. The van der Waals surface area contributed by atoms with Crippen LogP contribution in [0.5, 0.6) is 5.75 Å². The number of nitriles is 1. The third-order valence-electron chi connectivity index (χ3n) is 2.99. The second-order valence-electron chi connectivity index (χ2n) is 4.74. The Morgan fingerprint density at radius 2 is 2.00 bits per heavy atom. The van der Waals surface area contributed by atoms with E-state index in [1.165, 1.54) is 4.88 Å². The summed E-state index contributed by atoms with van der Waals surface area (Å²) in [5.74, 6) is -0.731. The van der Waals surface area contributed by atoms with E-state index < -0.39 is 5.97 Å². The number of para-hydroxylation sites is 1. The molecule has 0 aliphatic carbocycles. The average molecular weight is 344 g/mol. The van der Waals surface area contributed by atoms with Crippen molar-refractivity contribution in [3.63, 3.8) is 0 Å². The zero-order chi connectivity index (χ0) is 17.2. The molecule has 6 nitrogen and oxygen atoms in total. The lowest BCUT2D eigenvalue weighted by atomic mass is 10.2. The van der Waals surface area contributed by atoms with Gasteiger partial charge in [-0.2, -0.15) is 5.26 Å². The fourth-order valence-electron chi connectivity index (χ4n) is 1.84. The SMILES string of the molecule is N#Cc1ccccc1OCC(=O)OCC(=O)NCCc1cccs1. The number of carbonyl (C=O) groups excluding carboxylic acids is 2. The van der Waals surface area contributed by atoms with Gasteiger partial charge in [0.1, 0.15) is 11.8 Å². The Morgan fingerprint density at radius 1 is 1.17 bits per heavy atom. The maximum atomic E-state index is 11.6. The highest BCUT2D eigenvalue weighted by molar-refractivity contribution is 7.09. The number of ether oxygens (including phenoxy) is 2. The number of carbonyl (C=O) groups is 2. The minimum atomic E-state index is -0.670. The molecule has 1 heterocycles. The molecule has 1 aromatic heterocycles. The molecule has 0 spiro atoms. The van der Waals surface area contributed by atoms with Crippen LogP contribution < -0.4 is 10.1 Å². The highest BCUT2D eigenvalue weighted by atomic mass is 32.1. The fourth-order valence-corrected chi connectivity index (χ4v) is 2.55. The molecule has 2 rings (SSSR count). The van der Waals surface area contributed by atoms with Gasteiger partial charge in [-0.25, -0.2) is 4.79 Å². The number of benzene rings is 1. The lowest BCUT2D eigenvalue weighted by Crippen LogP contribution is -2.31. The minimum absolute atomic E-state index is 0.303. The first-order chi connectivity index (χ1) is 11.7. The van der Waals surface area contributed by atoms with Crippen LogP contribution in [0.15, 0.2) is 41.8 Å². The molecule has 1 N–H and O–H groups in total. The molecule has 0 saturated heterocycles. The molecule has 0 atom stereocenters. The molecule has 0 bridgehead atoms. The quantitative estimate of drug-likeness (QED) is 0.739. The van der Waals surface area contributed by atoms with Crippen LogP contribution >= 0.6 is 11.3 Å². The summed E-state index contributed by atoms with van der Waals surface area (Å²) >= 11 is 1.62. The van der Waals surface area contributed by atoms with Gasteiger partial charge in [-0.3, -0.25) is 4.79 Å². The van der Waals surface area contributed by atoms with Crippen molar-refractivity contribution in [1.82, 2.24) is 5.32 Å². The molecular weight excluding hydrogens is 328 g/mol. The van der Waals surface area contributed by atoms with Crippen LogP contribution in [0.2, 0.25) is 0 Å². The van der Waals surface area contributed by atoms with Crippen LogP contribution in [0.25, 0.3) is 0 Å². The Morgan fingerprint density at radius 3 is 2.75 bits per heavy atom. The number of thiophene rings is 1. The van der Waals surface area contributed by atoms with E-state index in [1.807, 2.05) is 23.6 Å². The number of hydrogen-bond donors (Lipinski definition) is 1. The van der Waals surface area contributed by atoms with Gasteiger partial charge in [0.25, 0.3) is 5.91 Å². The predicted octanol–water partition coefficient (Wildman–Crippen LogP) is 1.90. The molecule has 0 aliphatic rings. The minimum Gasteiger partial charge on any atom is -0.481 e. The van der Waals surface area contributed by atoms with Gasteiger partial charge < -0.3 is 14.8 Å². The van der Waals surface area contributed by atoms with Crippen LogP contribution in [-0.2, 0) is 20.7 Å². The molecule has 24 heavy (non-hydrogen) atoms. The molecule has 1 amide bonds. The van der Waals surface area contributed by atoms with E-state index in [0.29, 0.717) is 17.9 Å². The Bertz CT molecular complexity index is 722. The molecule has 0 saturated carbocycles. The van der Waals surface area contributed by atoms with E-state index in [4.69, 9.17) is 14.7 Å². The van der Waals surface area contributed by atoms with Crippen LogP contribution in [0.1, 0.15) is 10.4 Å². The van der Waals surface area contributed by atoms with E-state index in [2.05, 4.69) is 5.32 Å². The largest absolute Gasteiger partial charge is 0.481 e. The molecule has 124 valence electrons. The van der Waals surface area contributed by atoms with Gasteiger partial charge in [-0.15, -0.1) is 11.3 Å². The highest BCUT2D eigenvalue weighted by Gasteiger charge is 2.10. The zero-order valence-electron chi connectivity index (χ0n) is 12.9. The van der Waals surface area contributed by atoms with Crippen molar-refractivity contribution in [3.05, 3.63) is 52.2 Å². The van der Waals surface area contributed by atoms with Gasteiger partial charge >= 0.3 is 5.97 Å². The second-order valence-corrected chi connectivity index (χ2v) is 5.77. The summed E-state index contributed by atoms with van der Waals surface area (Å²) in [4.78, 5) is 24.3. The van der Waals surface area contributed by atoms with Crippen molar-refractivity contribution < 1.29 is 19.1 Å². The normalized spacial score (nSPS) is 9.79. The molecule has 0 radical (unpaired) electrons. The molecule has 2 aromatic rings. The van der Waals surface area contributed by atoms with Crippen LogP contribution in [0, 0.1) is 11.3 Å². The summed E-state index contributed by atoms with van der Waals surface area (Å²) in [5.41, 5.74) is 0.330. The lowest BCUT2D eigenvalue weighted by molar-refractivity contribution is -0.150. The van der Waals surface area contributed by atoms with Crippen LogP contribution in [0.4, 0.5) is 0 Å². The zero-order valence-corrected chi connectivity index (χ0v) is 13.7. The van der Waals surface area contributed by atoms with Gasteiger partial charge in [0.15, 0.2) is 13.2 Å². The van der Waals surface area contributed by atoms with Crippen molar-refractivity contribution in [2.45, 2.75) is 6.42 Å². The van der Waals surface area contributed by atoms with Crippen molar-refractivity contribution in [3.8, 4) is 11.8 Å². The third-order valence-corrected chi connectivity index (χ3v) is 3.93. The Balaban J connectivity index is 1.63. The van der Waals surface area contributed by atoms with E-state index in [9.17, 15) is 9.59 Å². The van der Waals surface area contributed by atoms with Gasteiger partial charge in [0, 0.05) is 11.4 Å². The Labute approximate surface area is 143 Å². The summed E-state index contributed by atoms with van der Waals surface area (Å²) in [6.45, 7) is -0.226. The van der Waals surface area contributed by atoms with E-state index in [-0.39, 0.29) is 19.1 Å². The van der Waals surface area contributed by atoms with Crippen molar-refractivity contribution >= 4 is 23.2 Å². The first-order valence-electron chi connectivity index (χ1n) is 7.25. The standard InChI is InChI=1S/C17H16N2O4S/c18-10-13-4-1-2-6-15(13)22-12-17(21)23-11-16(20)19-8-7-14-5-3-9-24-14/h1-6,9H,7-8,11-12H2,(H,19,20). The topological polar surface area (TPSA) is 88.4 Å². The van der Waals surface area contributed by atoms with Crippen molar-refractivity contribution in [2.75, 3.05) is 19.8 Å². The summed E-state index contributed by atoms with van der Waals surface area (Å²) in [6, 6.07) is 12.5. The second kappa shape index (κ2) is 9.33.